The van der Waals surface area contributed by atoms with Gasteiger partial charge < -0.3 is 23.9 Å². The Labute approximate surface area is 201 Å². The second kappa shape index (κ2) is 8.98. The Morgan fingerprint density at radius 1 is 1.06 bits per heavy atom. The number of para-hydroxylation sites is 2. The van der Waals surface area contributed by atoms with Crippen LogP contribution >= 0.6 is 0 Å². The van der Waals surface area contributed by atoms with E-state index in [2.05, 4.69) is 4.98 Å². The van der Waals surface area contributed by atoms with E-state index in [1.54, 1.807) is 62.0 Å². The average Bonchev–Trinajstić information content (AvgIpc) is 3.44. The van der Waals surface area contributed by atoms with E-state index in [1.807, 2.05) is 18.2 Å². The van der Waals surface area contributed by atoms with Crippen molar-refractivity contribution in [1.29, 1.82) is 0 Å². The lowest BCUT2D eigenvalue weighted by Gasteiger charge is -2.27. The van der Waals surface area contributed by atoms with E-state index in [4.69, 9.17) is 13.9 Å². The molecule has 0 fully saturated rings. The van der Waals surface area contributed by atoms with Crippen LogP contribution in [-0.2, 0) is 11.3 Å². The van der Waals surface area contributed by atoms with Crippen LogP contribution in [0.2, 0.25) is 0 Å². The van der Waals surface area contributed by atoms with Crippen LogP contribution in [0.3, 0.4) is 0 Å². The number of hydrogen-bond acceptors (Lipinski definition) is 7. The number of ether oxygens (including phenoxy) is 2. The van der Waals surface area contributed by atoms with Gasteiger partial charge in [0.15, 0.2) is 22.9 Å². The second-order valence-corrected chi connectivity index (χ2v) is 8.01. The molecule has 1 atom stereocenters. The molecule has 3 heterocycles. The highest BCUT2D eigenvalue weighted by molar-refractivity contribution is 6.16. The van der Waals surface area contributed by atoms with Gasteiger partial charge >= 0.3 is 0 Å². The molecule has 1 N–H and O–H groups in total. The molecule has 1 amide bonds. The van der Waals surface area contributed by atoms with Gasteiger partial charge in [-0.2, -0.15) is 0 Å². The van der Waals surface area contributed by atoms with Crippen molar-refractivity contribution in [3.63, 3.8) is 0 Å². The third kappa shape index (κ3) is 3.78. The number of aliphatic hydroxyl groups is 1. The van der Waals surface area contributed by atoms with Gasteiger partial charge in [0, 0.05) is 23.3 Å². The first-order valence-corrected chi connectivity index (χ1v) is 10.9. The Hall–Kier alpha value is -4.59. The van der Waals surface area contributed by atoms with Crippen LogP contribution < -0.4 is 9.47 Å². The number of hydrogen-bond donors (Lipinski definition) is 1. The summed E-state index contributed by atoms with van der Waals surface area (Å²) in [7, 11) is 3.06. The van der Waals surface area contributed by atoms with Crippen LogP contribution in [0.15, 0.2) is 88.8 Å². The van der Waals surface area contributed by atoms with Crippen molar-refractivity contribution in [1.82, 2.24) is 9.88 Å². The van der Waals surface area contributed by atoms with Crippen LogP contribution in [0.1, 0.15) is 27.7 Å². The summed E-state index contributed by atoms with van der Waals surface area (Å²) in [5, 5.41) is 11.6. The van der Waals surface area contributed by atoms with Crippen LogP contribution in [0.4, 0.5) is 0 Å². The van der Waals surface area contributed by atoms with Crippen molar-refractivity contribution >= 4 is 22.7 Å². The molecule has 8 nitrogen and oxygen atoms in total. The lowest BCUT2D eigenvalue weighted by Crippen LogP contribution is -2.31. The van der Waals surface area contributed by atoms with Gasteiger partial charge in [0.1, 0.15) is 5.75 Å². The zero-order valence-corrected chi connectivity index (χ0v) is 19.1. The first-order valence-electron chi connectivity index (χ1n) is 10.9. The third-order valence-corrected chi connectivity index (χ3v) is 6.03. The summed E-state index contributed by atoms with van der Waals surface area (Å²) in [5.41, 5.74) is 1.64. The van der Waals surface area contributed by atoms with E-state index < -0.39 is 23.5 Å². The highest BCUT2D eigenvalue weighted by Gasteiger charge is 2.45. The number of fused-ring (bicyclic) bond motifs is 1. The van der Waals surface area contributed by atoms with Crippen LogP contribution in [0, 0.1) is 0 Å². The Bertz CT molecular complexity index is 1460. The predicted molar refractivity (Wildman–Crippen MR) is 127 cm³/mol. The summed E-state index contributed by atoms with van der Waals surface area (Å²) in [6.45, 7) is 0.108. The van der Waals surface area contributed by atoms with E-state index >= 15 is 0 Å². The molecule has 0 saturated carbocycles. The number of Topliss-reactive ketones (excluding diaryl/α,β-unsaturated/α-hetero) is 1. The minimum absolute atomic E-state index is 0.00752. The summed E-state index contributed by atoms with van der Waals surface area (Å²) in [6, 6.07) is 16.8. The Balaban J connectivity index is 1.60. The number of aromatic nitrogens is 1. The number of nitrogens with zero attached hydrogens (tertiary/aromatic N) is 2. The molecule has 0 spiro atoms. The Morgan fingerprint density at radius 2 is 1.83 bits per heavy atom. The maximum Gasteiger partial charge on any atom is 0.290 e. The molecule has 1 aliphatic rings. The molecule has 8 heteroatoms. The van der Waals surface area contributed by atoms with Crippen molar-refractivity contribution in [2.45, 2.75) is 12.6 Å². The molecule has 2 aromatic carbocycles. The van der Waals surface area contributed by atoms with E-state index in [0.717, 1.165) is 5.56 Å². The number of carbonyl (C=O) groups is 2. The van der Waals surface area contributed by atoms with Crippen LogP contribution in [-0.4, -0.2) is 40.9 Å². The lowest BCUT2D eigenvalue weighted by molar-refractivity contribution is -0.130. The number of aliphatic hydroxyl groups excluding tert-OH is 1. The summed E-state index contributed by atoms with van der Waals surface area (Å²) in [4.78, 5) is 32.6. The molecule has 0 saturated heterocycles. The molecular weight excluding hydrogens is 448 g/mol. The van der Waals surface area contributed by atoms with E-state index in [-0.39, 0.29) is 17.9 Å². The lowest BCUT2D eigenvalue weighted by atomic mass is 9.96. The standard InChI is InChI=1S/C27H22N2O6/c1-33-19-10-4-3-7-18(19)15-29-23(17-9-6-12-28-14-17)22(25(31)27(29)32)24(30)21-13-16-8-5-11-20(34-2)26(16)35-21/h3-14,23,31H,15H2,1-2H3. The third-order valence-electron chi connectivity index (χ3n) is 6.03. The van der Waals surface area contributed by atoms with Gasteiger partial charge in [-0.1, -0.05) is 36.4 Å². The zero-order valence-electron chi connectivity index (χ0n) is 19.1. The number of carbonyl (C=O) groups excluding carboxylic acids is 2. The smallest absolute Gasteiger partial charge is 0.290 e. The van der Waals surface area contributed by atoms with Crippen molar-refractivity contribution in [2.24, 2.45) is 0 Å². The van der Waals surface area contributed by atoms with Gasteiger partial charge in [0.25, 0.3) is 5.91 Å². The van der Waals surface area contributed by atoms with E-state index in [9.17, 15) is 14.7 Å². The SMILES string of the molecule is COc1ccccc1CN1C(=O)C(O)=C(C(=O)c2cc3cccc(OC)c3o2)C1c1cccnc1. The van der Waals surface area contributed by atoms with Gasteiger partial charge in [-0.3, -0.25) is 14.6 Å². The van der Waals surface area contributed by atoms with Gasteiger partial charge in [-0.05, 0) is 29.8 Å². The fourth-order valence-electron chi connectivity index (χ4n) is 4.39. The van der Waals surface area contributed by atoms with Gasteiger partial charge in [0.2, 0.25) is 5.78 Å². The molecule has 5 rings (SSSR count). The maximum atomic E-state index is 13.7. The van der Waals surface area contributed by atoms with Gasteiger partial charge in [-0.15, -0.1) is 0 Å². The summed E-state index contributed by atoms with van der Waals surface area (Å²) in [5.74, 6) is -0.817. The van der Waals surface area contributed by atoms with Crippen LogP contribution in [0.25, 0.3) is 11.0 Å². The zero-order chi connectivity index (χ0) is 24.5. The molecule has 4 aromatic rings. The monoisotopic (exact) mass is 470 g/mol. The Morgan fingerprint density at radius 3 is 2.57 bits per heavy atom. The normalized spacial score (nSPS) is 15.7. The number of benzene rings is 2. The van der Waals surface area contributed by atoms with Crippen molar-refractivity contribution in [2.75, 3.05) is 14.2 Å². The molecule has 2 aromatic heterocycles. The minimum atomic E-state index is -0.872. The molecule has 176 valence electrons. The molecule has 35 heavy (non-hydrogen) atoms. The first-order chi connectivity index (χ1) is 17.0. The highest BCUT2D eigenvalue weighted by Crippen LogP contribution is 2.41. The molecule has 0 radical (unpaired) electrons. The van der Waals surface area contributed by atoms with Crippen LogP contribution in [0.5, 0.6) is 11.5 Å². The number of furan rings is 1. The molecular formula is C27H22N2O6. The average molecular weight is 470 g/mol. The van der Waals surface area contributed by atoms with E-state index in [1.165, 1.54) is 12.0 Å². The van der Waals surface area contributed by atoms with Gasteiger partial charge in [0.05, 0.1) is 32.4 Å². The molecule has 0 aliphatic carbocycles. The number of pyridine rings is 1. The van der Waals surface area contributed by atoms with Crippen molar-refractivity contribution < 1.29 is 28.6 Å². The van der Waals surface area contributed by atoms with Crippen molar-refractivity contribution in [3.05, 3.63) is 101 Å². The largest absolute Gasteiger partial charge is 0.503 e. The number of ketones is 1. The number of amides is 1. The fraction of sp³-hybridized carbons (Fsp3) is 0.148. The summed E-state index contributed by atoms with van der Waals surface area (Å²) < 4.78 is 16.6. The topological polar surface area (TPSA) is 102 Å². The quantitative estimate of drug-likeness (QED) is 0.393. The fourth-order valence-corrected chi connectivity index (χ4v) is 4.39. The summed E-state index contributed by atoms with van der Waals surface area (Å²) in [6.07, 6.45) is 3.17. The highest BCUT2D eigenvalue weighted by atomic mass is 16.5. The molecule has 0 bridgehead atoms. The minimum Gasteiger partial charge on any atom is -0.503 e. The van der Waals surface area contributed by atoms with E-state index in [0.29, 0.717) is 28.0 Å². The van der Waals surface area contributed by atoms with Crippen molar-refractivity contribution in [3.8, 4) is 11.5 Å². The molecule has 1 aliphatic heterocycles. The first kappa shape index (κ1) is 22.2. The number of methoxy groups -OCH3 is 2. The second-order valence-electron chi connectivity index (χ2n) is 8.01. The Kier molecular flexibility index (Phi) is 5.70. The van der Waals surface area contributed by atoms with Gasteiger partial charge in [-0.25, -0.2) is 0 Å². The predicted octanol–water partition coefficient (Wildman–Crippen LogP) is 4.62. The number of rotatable bonds is 7. The summed E-state index contributed by atoms with van der Waals surface area (Å²) >= 11 is 0. The molecule has 1 unspecified atom stereocenters. The maximum absolute atomic E-state index is 13.7.